The fourth-order valence-electron chi connectivity index (χ4n) is 4.36. The van der Waals surface area contributed by atoms with Gasteiger partial charge in [-0.25, -0.2) is 9.79 Å². The number of aliphatic imine (C=N–C) groups is 1. The number of fused-ring (bicyclic) bond motifs is 1. The van der Waals surface area contributed by atoms with Gasteiger partial charge in [-0.3, -0.25) is 4.79 Å². The predicted octanol–water partition coefficient (Wildman–Crippen LogP) is 4.89. The van der Waals surface area contributed by atoms with E-state index in [4.69, 9.17) is 19.2 Å². The molecule has 0 aromatic heterocycles. The zero-order valence-electron chi connectivity index (χ0n) is 21.6. The van der Waals surface area contributed by atoms with Gasteiger partial charge in [0.1, 0.15) is 0 Å². The minimum Gasteiger partial charge on any atom is -0.493 e. The van der Waals surface area contributed by atoms with Crippen molar-refractivity contribution in [2.45, 2.75) is 39.3 Å². The second-order valence-corrected chi connectivity index (χ2v) is 9.59. The van der Waals surface area contributed by atoms with Crippen LogP contribution < -0.4 is 14.8 Å². The van der Waals surface area contributed by atoms with Gasteiger partial charge in [0.2, 0.25) is 5.91 Å². The Morgan fingerprint density at radius 2 is 1.81 bits per heavy atom. The van der Waals surface area contributed by atoms with Crippen molar-refractivity contribution in [2.75, 3.05) is 20.8 Å². The maximum absolute atomic E-state index is 13.6. The first-order chi connectivity index (χ1) is 17.9. The molecule has 0 aliphatic carbocycles. The molecule has 0 bridgehead atoms. The molecule has 37 heavy (non-hydrogen) atoms. The third kappa shape index (κ3) is 5.51. The summed E-state index contributed by atoms with van der Waals surface area (Å²) in [5, 5.41) is 5.55. The molecule has 0 saturated carbocycles. The molecule has 0 radical (unpaired) electrons. The molecule has 1 atom stereocenters. The van der Waals surface area contributed by atoms with Crippen molar-refractivity contribution >= 4 is 34.5 Å². The SMILES string of the molecule is CCOC(=O)C1=C(c2ccccc2)N=C2SC=C(CC(=O)NC(C)C)N2C1c1ccc(OC)c(OC)c1. The summed E-state index contributed by atoms with van der Waals surface area (Å²) in [6.45, 7) is 5.83. The Balaban J connectivity index is 1.91. The van der Waals surface area contributed by atoms with Gasteiger partial charge in [-0.05, 0) is 43.9 Å². The molecule has 2 aromatic rings. The summed E-state index contributed by atoms with van der Waals surface area (Å²) in [5.41, 5.74) is 3.25. The molecule has 0 fully saturated rings. The number of rotatable bonds is 9. The summed E-state index contributed by atoms with van der Waals surface area (Å²) < 4.78 is 16.6. The van der Waals surface area contributed by atoms with Crippen LogP contribution in [0.15, 0.2) is 70.2 Å². The molecule has 2 aliphatic rings. The quantitative estimate of drug-likeness (QED) is 0.470. The number of methoxy groups -OCH3 is 2. The second kappa shape index (κ2) is 11.6. The van der Waals surface area contributed by atoms with Crippen LogP contribution in [-0.4, -0.2) is 48.8 Å². The van der Waals surface area contributed by atoms with Gasteiger partial charge in [-0.1, -0.05) is 48.2 Å². The number of carbonyl (C=O) groups is 2. The highest BCUT2D eigenvalue weighted by Crippen LogP contribution is 2.48. The lowest BCUT2D eigenvalue weighted by atomic mass is 9.91. The van der Waals surface area contributed by atoms with Crippen LogP contribution in [0, 0.1) is 0 Å². The Kier molecular flexibility index (Phi) is 8.23. The van der Waals surface area contributed by atoms with Gasteiger partial charge in [0.25, 0.3) is 0 Å². The summed E-state index contributed by atoms with van der Waals surface area (Å²) in [5.74, 6) is 0.531. The number of thioether (sulfide) groups is 1. The number of esters is 1. The molecule has 1 N–H and O–H groups in total. The fourth-order valence-corrected chi connectivity index (χ4v) is 5.28. The maximum Gasteiger partial charge on any atom is 0.338 e. The first-order valence-corrected chi connectivity index (χ1v) is 13.0. The monoisotopic (exact) mass is 521 g/mol. The van der Waals surface area contributed by atoms with Crippen molar-refractivity contribution in [2.24, 2.45) is 4.99 Å². The van der Waals surface area contributed by atoms with Crippen molar-refractivity contribution in [3.8, 4) is 11.5 Å². The Hall–Kier alpha value is -3.72. The van der Waals surface area contributed by atoms with E-state index in [2.05, 4.69) is 5.32 Å². The van der Waals surface area contributed by atoms with Crippen LogP contribution in [-0.2, 0) is 14.3 Å². The first-order valence-electron chi connectivity index (χ1n) is 12.1. The lowest BCUT2D eigenvalue weighted by molar-refractivity contribution is -0.139. The van der Waals surface area contributed by atoms with Crippen molar-refractivity contribution < 1.29 is 23.8 Å². The number of hydrogen-bond acceptors (Lipinski definition) is 8. The third-order valence-electron chi connectivity index (χ3n) is 5.87. The number of nitrogens with zero attached hydrogens (tertiary/aromatic N) is 2. The Labute approximate surface area is 221 Å². The molecule has 2 aromatic carbocycles. The Morgan fingerprint density at radius 1 is 1.08 bits per heavy atom. The molecule has 2 heterocycles. The largest absolute Gasteiger partial charge is 0.493 e. The molecule has 0 spiro atoms. The molecular weight excluding hydrogens is 490 g/mol. The highest BCUT2D eigenvalue weighted by Gasteiger charge is 2.42. The van der Waals surface area contributed by atoms with Crippen molar-refractivity contribution in [3.63, 3.8) is 0 Å². The number of carbonyl (C=O) groups excluding carboxylic acids is 2. The van der Waals surface area contributed by atoms with E-state index in [9.17, 15) is 9.59 Å². The summed E-state index contributed by atoms with van der Waals surface area (Å²) in [6.07, 6.45) is 0.144. The second-order valence-electron chi connectivity index (χ2n) is 8.76. The van der Waals surface area contributed by atoms with Gasteiger partial charge in [-0.15, -0.1) is 0 Å². The van der Waals surface area contributed by atoms with Crippen LogP contribution in [0.5, 0.6) is 11.5 Å². The first kappa shape index (κ1) is 26.3. The van der Waals surface area contributed by atoms with E-state index in [0.29, 0.717) is 27.9 Å². The highest BCUT2D eigenvalue weighted by molar-refractivity contribution is 8.16. The van der Waals surface area contributed by atoms with Gasteiger partial charge in [0.05, 0.1) is 44.6 Å². The van der Waals surface area contributed by atoms with Crippen molar-refractivity contribution in [3.05, 3.63) is 76.3 Å². The van der Waals surface area contributed by atoms with Crippen LogP contribution in [0.4, 0.5) is 0 Å². The topological polar surface area (TPSA) is 89.5 Å². The third-order valence-corrected chi connectivity index (χ3v) is 6.76. The number of nitrogens with one attached hydrogen (secondary N) is 1. The van der Waals surface area contributed by atoms with E-state index in [1.807, 2.05) is 72.7 Å². The minimum absolute atomic E-state index is 0.0120. The van der Waals surface area contributed by atoms with Crippen LogP contribution in [0.25, 0.3) is 5.70 Å². The van der Waals surface area contributed by atoms with E-state index in [-0.39, 0.29) is 25.0 Å². The smallest absolute Gasteiger partial charge is 0.338 e. The summed E-state index contributed by atoms with van der Waals surface area (Å²) in [4.78, 5) is 33.2. The minimum atomic E-state index is -0.602. The Morgan fingerprint density at radius 3 is 2.46 bits per heavy atom. The van der Waals surface area contributed by atoms with Crippen molar-refractivity contribution in [1.29, 1.82) is 0 Å². The maximum atomic E-state index is 13.6. The van der Waals surface area contributed by atoms with Crippen LogP contribution in [0.2, 0.25) is 0 Å². The van der Waals surface area contributed by atoms with Crippen molar-refractivity contribution in [1.82, 2.24) is 10.2 Å². The van der Waals surface area contributed by atoms with E-state index in [0.717, 1.165) is 16.8 Å². The molecule has 1 unspecified atom stereocenters. The lowest BCUT2D eigenvalue weighted by Gasteiger charge is -2.37. The average molecular weight is 522 g/mol. The standard InChI is InChI=1S/C28H31N3O5S/c1-6-36-27(33)24-25(18-10-8-7-9-11-18)30-28-31(20(16-37-28)15-23(32)29-17(2)3)26(24)19-12-13-21(34-4)22(14-19)35-5/h7-14,16-17,26H,6,15H2,1-5H3,(H,29,32). The van der Waals surface area contributed by atoms with Gasteiger partial charge in [0, 0.05) is 17.3 Å². The summed E-state index contributed by atoms with van der Waals surface area (Å²) in [6, 6.07) is 14.5. The van der Waals surface area contributed by atoms with Gasteiger partial charge in [0.15, 0.2) is 16.7 Å². The van der Waals surface area contributed by atoms with E-state index in [1.54, 1.807) is 21.1 Å². The van der Waals surface area contributed by atoms with Crippen LogP contribution in [0.1, 0.15) is 44.4 Å². The molecule has 0 saturated heterocycles. The van der Waals surface area contributed by atoms with Crippen LogP contribution in [0.3, 0.4) is 0 Å². The average Bonchev–Trinajstić information content (AvgIpc) is 3.29. The summed E-state index contributed by atoms with van der Waals surface area (Å²) in [7, 11) is 3.14. The zero-order chi connectivity index (χ0) is 26.5. The summed E-state index contributed by atoms with van der Waals surface area (Å²) >= 11 is 1.43. The molecular formula is C28H31N3O5S. The normalized spacial score (nSPS) is 16.7. The zero-order valence-corrected chi connectivity index (χ0v) is 22.4. The lowest BCUT2D eigenvalue weighted by Crippen LogP contribution is -2.38. The molecule has 4 rings (SSSR count). The van der Waals surface area contributed by atoms with Gasteiger partial charge in [-0.2, -0.15) is 0 Å². The number of amidine groups is 1. The fraction of sp³-hybridized carbons (Fsp3) is 0.321. The van der Waals surface area contributed by atoms with E-state index >= 15 is 0 Å². The van der Waals surface area contributed by atoms with E-state index < -0.39 is 12.0 Å². The number of ether oxygens (including phenoxy) is 3. The van der Waals surface area contributed by atoms with Gasteiger partial charge >= 0.3 is 5.97 Å². The number of benzene rings is 2. The molecule has 2 aliphatic heterocycles. The number of hydrogen-bond donors (Lipinski definition) is 1. The van der Waals surface area contributed by atoms with Crippen LogP contribution >= 0.6 is 11.8 Å². The molecule has 8 nitrogen and oxygen atoms in total. The van der Waals surface area contributed by atoms with Gasteiger partial charge < -0.3 is 24.4 Å². The predicted molar refractivity (Wildman–Crippen MR) is 145 cm³/mol. The Bertz CT molecular complexity index is 1270. The molecule has 1 amide bonds. The highest BCUT2D eigenvalue weighted by atomic mass is 32.2. The molecule has 9 heteroatoms. The number of amides is 1. The van der Waals surface area contributed by atoms with E-state index in [1.165, 1.54) is 11.8 Å². The molecule has 194 valence electrons.